The van der Waals surface area contributed by atoms with Gasteiger partial charge in [-0.15, -0.1) is 0 Å². The number of rotatable bonds is 42. The Morgan fingerprint density at radius 3 is 1.38 bits per heavy atom. The Labute approximate surface area is 371 Å². The number of unbranched alkanes of at least 4 members (excludes halogenated alkanes) is 28. The van der Waals surface area contributed by atoms with E-state index >= 15 is 0 Å². The zero-order valence-corrected chi connectivity index (χ0v) is 39.4. The van der Waals surface area contributed by atoms with Crippen molar-refractivity contribution in [2.24, 2.45) is 0 Å². The second kappa shape index (κ2) is 38.8. The normalized spacial score (nSPS) is 20.0. The Morgan fingerprint density at radius 1 is 0.541 bits per heavy atom. The summed E-state index contributed by atoms with van der Waals surface area (Å²) in [6, 6.07) is 0. The molecule has 1 aliphatic rings. The summed E-state index contributed by atoms with van der Waals surface area (Å²) in [7, 11) is -4.60. The predicted molar refractivity (Wildman–Crippen MR) is 243 cm³/mol. The molecule has 1 rings (SSSR count). The van der Waals surface area contributed by atoms with Gasteiger partial charge < -0.3 is 34.3 Å². The molecule has 12 nitrogen and oxygen atoms in total. The van der Waals surface area contributed by atoms with Gasteiger partial charge >= 0.3 is 11.9 Å². The van der Waals surface area contributed by atoms with E-state index in [0.717, 1.165) is 44.9 Å². The highest BCUT2D eigenvalue weighted by Gasteiger charge is 2.46. The van der Waals surface area contributed by atoms with E-state index in [-0.39, 0.29) is 19.4 Å². The molecule has 0 bridgehead atoms. The van der Waals surface area contributed by atoms with Crippen LogP contribution < -0.4 is 0 Å². The third-order valence-corrected chi connectivity index (χ3v) is 12.3. The predicted octanol–water partition coefficient (Wildman–Crippen LogP) is 10.6. The second-order valence-corrected chi connectivity index (χ2v) is 19.0. The number of allylic oxidation sites excluding steroid dienone is 2. The van der Waals surface area contributed by atoms with Crippen LogP contribution in [0.1, 0.15) is 226 Å². The molecule has 360 valence electrons. The Kier molecular flexibility index (Phi) is 36.5. The van der Waals surface area contributed by atoms with E-state index in [2.05, 4.69) is 26.0 Å². The summed E-state index contributed by atoms with van der Waals surface area (Å²) in [6.45, 7) is 3.78. The molecule has 1 saturated heterocycles. The van der Waals surface area contributed by atoms with Crippen molar-refractivity contribution >= 4 is 22.1 Å². The SMILES string of the molecule is CCCCCCCCCC/C=C/CCCCCC(=O)OC[C@H](CO[C@H]1O[C@H](CS(=O)(=O)O)[C@@H](O)C(O)C1O)OC(=O)CCCCCCCCCCCCCCCCCCCC. The van der Waals surface area contributed by atoms with Crippen LogP contribution in [-0.4, -0.2) is 96.0 Å². The molecule has 0 aromatic rings. The topological polar surface area (TPSA) is 186 Å². The summed E-state index contributed by atoms with van der Waals surface area (Å²) in [5.41, 5.74) is 0. The van der Waals surface area contributed by atoms with Crippen molar-refractivity contribution in [2.45, 2.75) is 263 Å². The van der Waals surface area contributed by atoms with Crippen LogP contribution in [0.5, 0.6) is 0 Å². The lowest BCUT2D eigenvalue weighted by molar-refractivity contribution is -0.297. The first-order valence-electron chi connectivity index (χ1n) is 24.7. The first-order valence-corrected chi connectivity index (χ1v) is 26.4. The van der Waals surface area contributed by atoms with Crippen LogP contribution in [0.2, 0.25) is 0 Å². The number of hydrogen-bond acceptors (Lipinski definition) is 11. The van der Waals surface area contributed by atoms with Crippen molar-refractivity contribution < 1.29 is 56.8 Å². The van der Waals surface area contributed by atoms with Crippen LogP contribution in [-0.2, 0) is 38.7 Å². The fourth-order valence-corrected chi connectivity index (χ4v) is 8.42. The Morgan fingerprint density at radius 2 is 0.934 bits per heavy atom. The van der Waals surface area contributed by atoms with Crippen molar-refractivity contribution in [3.05, 3.63) is 12.2 Å². The number of carbonyl (C=O) groups excluding carboxylic acids is 2. The average Bonchev–Trinajstić information content (AvgIpc) is 3.22. The Balaban J connectivity index is 2.40. The van der Waals surface area contributed by atoms with Gasteiger partial charge in [0.25, 0.3) is 10.1 Å². The monoisotopic (exact) mass is 891 g/mol. The lowest BCUT2D eigenvalue weighted by Gasteiger charge is -2.40. The fraction of sp³-hybridized carbons (Fsp3) is 0.917. The van der Waals surface area contributed by atoms with Gasteiger partial charge in [-0.3, -0.25) is 14.1 Å². The molecule has 0 aromatic carbocycles. The van der Waals surface area contributed by atoms with E-state index in [9.17, 15) is 37.9 Å². The zero-order valence-electron chi connectivity index (χ0n) is 38.5. The molecule has 6 atom stereocenters. The molecule has 0 saturated carbocycles. The molecule has 4 N–H and O–H groups in total. The summed E-state index contributed by atoms with van der Waals surface area (Å²) < 4.78 is 54.1. The van der Waals surface area contributed by atoms with E-state index in [0.29, 0.717) is 12.8 Å². The maximum Gasteiger partial charge on any atom is 0.306 e. The number of carbonyl (C=O) groups is 2. The summed E-state index contributed by atoms with van der Waals surface area (Å²) in [5.74, 6) is -1.99. The van der Waals surface area contributed by atoms with Crippen molar-refractivity contribution in [2.75, 3.05) is 19.0 Å². The van der Waals surface area contributed by atoms with Crippen LogP contribution >= 0.6 is 0 Å². The average molecular weight is 891 g/mol. The number of esters is 2. The number of aliphatic hydroxyl groups excluding tert-OH is 3. The first-order chi connectivity index (χ1) is 29.5. The van der Waals surface area contributed by atoms with E-state index in [1.54, 1.807) is 0 Å². The van der Waals surface area contributed by atoms with Gasteiger partial charge in [-0.2, -0.15) is 8.42 Å². The minimum Gasteiger partial charge on any atom is -0.462 e. The lowest BCUT2D eigenvalue weighted by atomic mass is 10.00. The third-order valence-electron chi connectivity index (χ3n) is 11.6. The highest BCUT2D eigenvalue weighted by atomic mass is 32.2. The summed E-state index contributed by atoms with van der Waals surface area (Å²) in [4.78, 5) is 25.5. The fourth-order valence-electron chi connectivity index (χ4n) is 7.73. The largest absolute Gasteiger partial charge is 0.462 e. The Hall–Kier alpha value is -1.61. The zero-order chi connectivity index (χ0) is 44.8. The van der Waals surface area contributed by atoms with Crippen molar-refractivity contribution in [1.82, 2.24) is 0 Å². The molecule has 0 spiro atoms. The summed E-state index contributed by atoms with van der Waals surface area (Å²) in [6.07, 6.45) is 32.5. The van der Waals surface area contributed by atoms with Gasteiger partial charge in [0.1, 0.15) is 36.8 Å². The van der Waals surface area contributed by atoms with E-state index in [1.807, 2.05) is 0 Å². The van der Waals surface area contributed by atoms with Gasteiger partial charge in [-0.1, -0.05) is 187 Å². The summed E-state index contributed by atoms with van der Waals surface area (Å²) in [5, 5.41) is 30.9. The third kappa shape index (κ3) is 33.6. The standard InChI is InChI=1S/C48H90O12S/c1-3-5-7-9-11-13-15-17-19-20-21-23-25-27-29-31-33-35-37-44(50)59-41(39-58-48-47(53)46(52)45(51)42(60-48)40-61(54,55)56)38-57-43(49)36-34-32-30-28-26-24-22-18-16-14-12-10-8-6-4-2/h24,26,41-42,45-48,51-53H,3-23,25,27-40H2,1-2H3,(H,54,55,56)/b26-24+/t41-,42-,45-,46?,47?,48+/m1/s1. The molecule has 2 unspecified atom stereocenters. The molecule has 1 heterocycles. The van der Waals surface area contributed by atoms with Gasteiger partial charge in [0, 0.05) is 12.8 Å². The van der Waals surface area contributed by atoms with Crippen LogP contribution in [0.4, 0.5) is 0 Å². The van der Waals surface area contributed by atoms with Gasteiger partial charge in [-0.05, 0) is 38.5 Å². The molecular weight excluding hydrogens is 801 g/mol. The lowest BCUT2D eigenvalue weighted by Crippen LogP contribution is -2.60. The van der Waals surface area contributed by atoms with E-state index in [4.69, 9.17) is 18.9 Å². The van der Waals surface area contributed by atoms with Crippen molar-refractivity contribution in [1.29, 1.82) is 0 Å². The van der Waals surface area contributed by atoms with Gasteiger partial charge in [0.05, 0.1) is 6.61 Å². The van der Waals surface area contributed by atoms with Gasteiger partial charge in [0.2, 0.25) is 0 Å². The highest BCUT2D eigenvalue weighted by molar-refractivity contribution is 7.85. The van der Waals surface area contributed by atoms with Crippen molar-refractivity contribution in [3.8, 4) is 0 Å². The maximum atomic E-state index is 12.8. The first kappa shape index (κ1) is 57.4. The van der Waals surface area contributed by atoms with Gasteiger partial charge in [-0.25, -0.2) is 0 Å². The quantitative estimate of drug-likeness (QED) is 0.0197. The molecular formula is C48H90O12S. The minimum atomic E-state index is -4.60. The van der Waals surface area contributed by atoms with Crippen LogP contribution in [0.25, 0.3) is 0 Å². The number of aliphatic hydroxyl groups is 3. The number of ether oxygens (including phenoxy) is 4. The van der Waals surface area contributed by atoms with E-state index < -0.39 is 71.2 Å². The highest BCUT2D eigenvalue weighted by Crippen LogP contribution is 2.24. The van der Waals surface area contributed by atoms with E-state index in [1.165, 1.54) is 141 Å². The number of hydrogen-bond donors (Lipinski definition) is 4. The van der Waals surface area contributed by atoms with Crippen LogP contribution in [0, 0.1) is 0 Å². The smallest absolute Gasteiger partial charge is 0.306 e. The van der Waals surface area contributed by atoms with Crippen LogP contribution in [0.15, 0.2) is 12.2 Å². The van der Waals surface area contributed by atoms with Crippen LogP contribution in [0.3, 0.4) is 0 Å². The molecule has 0 radical (unpaired) electrons. The molecule has 0 amide bonds. The molecule has 13 heteroatoms. The van der Waals surface area contributed by atoms with Crippen molar-refractivity contribution in [3.63, 3.8) is 0 Å². The molecule has 0 aliphatic carbocycles. The molecule has 1 fully saturated rings. The second-order valence-electron chi connectivity index (χ2n) is 17.5. The van der Waals surface area contributed by atoms with Gasteiger partial charge in [0.15, 0.2) is 12.4 Å². The Bertz CT molecular complexity index is 1180. The summed E-state index contributed by atoms with van der Waals surface area (Å²) >= 11 is 0. The minimum absolute atomic E-state index is 0.167. The molecule has 1 aliphatic heterocycles. The molecule has 0 aromatic heterocycles. The molecule has 61 heavy (non-hydrogen) atoms. The maximum absolute atomic E-state index is 12.8.